The number of anilines is 1. The SMILES string of the molecule is CNc1c2c(nc3cc(Cl)c(C)cc13)CCOC2. The molecule has 1 aliphatic rings. The first-order chi connectivity index (χ1) is 8.70. The van der Waals surface area contributed by atoms with Crippen LogP contribution in [-0.4, -0.2) is 18.6 Å². The third-order valence-electron chi connectivity index (χ3n) is 3.43. The number of hydrogen-bond donors (Lipinski definition) is 1. The van der Waals surface area contributed by atoms with Crippen LogP contribution in [-0.2, 0) is 17.8 Å². The number of fused-ring (bicyclic) bond motifs is 2. The van der Waals surface area contributed by atoms with E-state index in [2.05, 4.69) is 11.4 Å². The lowest BCUT2D eigenvalue weighted by atomic mass is 10.0. The van der Waals surface area contributed by atoms with Gasteiger partial charge in [0.2, 0.25) is 0 Å². The van der Waals surface area contributed by atoms with Gasteiger partial charge in [0.05, 0.1) is 30.1 Å². The van der Waals surface area contributed by atoms with Gasteiger partial charge in [0, 0.05) is 29.4 Å². The zero-order valence-corrected chi connectivity index (χ0v) is 11.3. The van der Waals surface area contributed by atoms with E-state index in [4.69, 9.17) is 21.3 Å². The number of hydrogen-bond acceptors (Lipinski definition) is 3. The van der Waals surface area contributed by atoms with Gasteiger partial charge in [-0.25, -0.2) is 0 Å². The van der Waals surface area contributed by atoms with Gasteiger partial charge in [0.15, 0.2) is 0 Å². The maximum absolute atomic E-state index is 6.18. The van der Waals surface area contributed by atoms with E-state index in [9.17, 15) is 0 Å². The van der Waals surface area contributed by atoms with E-state index in [0.717, 1.165) is 45.9 Å². The third-order valence-corrected chi connectivity index (χ3v) is 3.84. The highest BCUT2D eigenvalue weighted by atomic mass is 35.5. The van der Waals surface area contributed by atoms with Crippen molar-refractivity contribution >= 4 is 28.2 Å². The summed E-state index contributed by atoms with van der Waals surface area (Å²) >= 11 is 6.18. The number of rotatable bonds is 1. The Morgan fingerprint density at radius 2 is 2.22 bits per heavy atom. The van der Waals surface area contributed by atoms with E-state index in [1.165, 1.54) is 5.56 Å². The molecule has 0 unspecified atom stereocenters. The summed E-state index contributed by atoms with van der Waals surface area (Å²) < 4.78 is 5.54. The van der Waals surface area contributed by atoms with Crippen molar-refractivity contribution < 1.29 is 4.74 Å². The fraction of sp³-hybridized carbons (Fsp3) is 0.357. The van der Waals surface area contributed by atoms with Gasteiger partial charge in [-0.2, -0.15) is 0 Å². The Labute approximate surface area is 111 Å². The number of benzene rings is 1. The van der Waals surface area contributed by atoms with Gasteiger partial charge in [-0.3, -0.25) is 4.98 Å². The van der Waals surface area contributed by atoms with Gasteiger partial charge in [-0.15, -0.1) is 0 Å². The molecule has 0 atom stereocenters. The molecule has 2 heterocycles. The first-order valence-corrected chi connectivity index (χ1v) is 6.45. The maximum atomic E-state index is 6.18. The molecule has 4 heteroatoms. The monoisotopic (exact) mass is 262 g/mol. The van der Waals surface area contributed by atoms with Crippen LogP contribution >= 0.6 is 11.6 Å². The molecule has 1 aliphatic heterocycles. The summed E-state index contributed by atoms with van der Waals surface area (Å²) in [6, 6.07) is 4.04. The smallest absolute Gasteiger partial charge is 0.0755 e. The van der Waals surface area contributed by atoms with Crippen LogP contribution in [0.2, 0.25) is 5.02 Å². The van der Waals surface area contributed by atoms with Crippen LogP contribution in [0.1, 0.15) is 16.8 Å². The standard InChI is InChI=1S/C14H15ClN2O/c1-8-5-9-13(6-11(8)15)17-12-3-4-18-7-10(12)14(9)16-2/h5-6H,3-4,7H2,1-2H3,(H,16,17). The predicted octanol–water partition coefficient (Wildman–Crippen LogP) is 3.31. The summed E-state index contributed by atoms with van der Waals surface area (Å²) in [5, 5.41) is 5.16. The molecule has 0 saturated heterocycles. The summed E-state index contributed by atoms with van der Waals surface area (Å²) in [6.45, 7) is 3.39. The minimum atomic E-state index is 0.635. The average molecular weight is 263 g/mol. The second-order valence-corrected chi connectivity index (χ2v) is 4.99. The van der Waals surface area contributed by atoms with Crippen molar-refractivity contribution in [1.82, 2.24) is 4.98 Å². The Bertz CT molecular complexity index is 625. The molecule has 0 aliphatic carbocycles. The van der Waals surface area contributed by atoms with E-state index < -0.39 is 0 Å². The van der Waals surface area contributed by atoms with Crippen LogP contribution in [0, 0.1) is 6.92 Å². The minimum absolute atomic E-state index is 0.635. The summed E-state index contributed by atoms with van der Waals surface area (Å²) in [5.74, 6) is 0. The second-order valence-electron chi connectivity index (χ2n) is 4.58. The minimum Gasteiger partial charge on any atom is -0.387 e. The Morgan fingerprint density at radius 3 is 3.00 bits per heavy atom. The molecule has 0 radical (unpaired) electrons. The van der Waals surface area contributed by atoms with E-state index >= 15 is 0 Å². The Morgan fingerprint density at radius 1 is 1.39 bits per heavy atom. The van der Waals surface area contributed by atoms with E-state index in [1.807, 2.05) is 20.0 Å². The first-order valence-electron chi connectivity index (χ1n) is 6.08. The zero-order chi connectivity index (χ0) is 12.7. The molecule has 94 valence electrons. The predicted molar refractivity (Wildman–Crippen MR) is 74.4 cm³/mol. The molecule has 0 spiro atoms. The topological polar surface area (TPSA) is 34.2 Å². The lowest BCUT2D eigenvalue weighted by Gasteiger charge is -2.21. The number of ether oxygens (including phenoxy) is 1. The van der Waals surface area contributed by atoms with Gasteiger partial charge in [-0.05, 0) is 24.6 Å². The van der Waals surface area contributed by atoms with Crippen molar-refractivity contribution in [1.29, 1.82) is 0 Å². The van der Waals surface area contributed by atoms with Crippen molar-refractivity contribution in [2.24, 2.45) is 0 Å². The first kappa shape index (κ1) is 11.8. The van der Waals surface area contributed by atoms with Gasteiger partial charge >= 0.3 is 0 Å². The van der Waals surface area contributed by atoms with Crippen LogP contribution in [0.25, 0.3) is 10.9 Å². The van der Waals surface area contributed by atoms with Gasteiger partial charge in [-0.1, -0.05) is 11.6 Å². The van der Waals surface area contributed by atoms with Gasteiger partial charge in [0.25, 0.3) is 0 Å². The largest absolute Gasteiger partial charge is 0.387 e. The Kier molecular flexibility index (Phi) is 2.88. The molecular weight excluding hydrogens is 248 g/mol. The number of pyridine rings is 1. The summed E-state index contributed by atoms with van der Waals surface area (Å²) in [6.07, 6.45) is 0.867. The third kappa shape index (κ3) is 1.74. The fourth-order valence-electron chi connectivity index (χ4n) is 2.47. The van der Waals surface area contributed by atoms with E-state index in [-0.39, 0.29) is 0 Å². The molecule has 0 saturated carbocycles. The van der Waals surface area contributed by atoms with Crippen LogP contribution < -0.4 is 5.32 Å². The van der Waals surface area contributed by atoms with Crippen LogP contribution in [0.15, 0.2) is 12.1 Å². The van der Waals surface area contributed by atoms with Crippen LogP contribution in [0.5, 0.6) is 0 Å². The normalized spacial score (nSPS) is 14.6. The number of nitrogens with zero attached hydrogens (tertiary/aromatic N) is 1. The average Bonchev–Trinajstić information content (AvgIpc) is 2.38. The fourth-order valence-corrected chi connectivity index (χ4v) is 2.63. The molecule has 0 fully saturated rings. The molecule has 3 nitrogen and oxygen atoms in total. The van der Waals surface area contributed by atoms with Crippen molar-refractivity contribution in [3.05, 3.63) is 34.0 Å². The van der Waals surface area contributed by atoms with Gasteiger partial charge < -0.3 is 10.1 Å². The summed E-state index contributed by atoms with van der Waals surface area (Å²) in [7, 11) is 1.94. The van der Waals surface area contributed by atoms with Crippen LogP contribution in [0.4, 0.5) is 5.69 Å². The molecule has 1 N–H and O–H groups in total. The highest BCUT2D eigenvalue weighted by Crippen LogP contribution is 2.33. The molecule has 3 rings (SSSR count). The Hall–Kier alpha value is -1.32. The lowest BCUT2D eigenvalue weighted by molar-refractivity contribution is 0.110. The highest BCUT2D eigenvalue weighted by Gasteiger charge is 2.18. The summed E-state index contributed by atoms with van der Waals surface area (Å²) in [5.41, 5.74) is 5.44. The van der Waals surface area contributed by atoms with Crippen molar-refractivity contribution in [3.8, 4) is 0 Å². The van der Waals surface area contributed by atoms with E-state index in [0.29, 0.717) is 6.61 Å². The zero-order valence-electron chi connectivity index (χ0n) is 10.5. The molecule has 1 aromatic carbocycles. The molecule has 0 bridgehead atoms. The number of aryl methyl sites for hydroxylation is 1. The van der Waals surface area contributed by atoms with Crippen LogP contribution in [0.3, 0.4) is 0 Å². The number of nitrogens with one attached hydrogen (secondary N) is 1. The number of halogens is 1. The molecule has 0 amide bonds. The molecular formula is C14H15ClN2O. The summed E-state index contributed by atoms with van der Waals surface area (Å²) in [4.78, 5) is 4.72. The highest BCUT2D eigenvalue weighted by molar-refractivity contribution is 6.32. The maximum Gasteiger partial charge on any atom is 0.0755 e. The lowest BCUT2D eigenvalue weighted by Crippen LogP contribution is -2.14. The number of aromatic nitrogens is 1. The van der Waals surface area contributed by atoms with E-state index in [1.54, 1.807) is 0 Å². The molecule has 18 heavy (non-hydrogen) atoms. The second kappa shape index (κ2) is 4.41. The quantitative estimate of drug-likeness (QED) is 0.856. The van der Waals surface area contributed by atoms with Crippen molar-refractivity contribution in [3.63, 3.8) is 0 Å². The Balaban J connectivity index is 2.36. The van der Waals surface area contributed by atoms with Crippen molar-refractivity contribution in [2.75, 3.05) is 19.0 Å². The molecule has 2 aromatic rings. The van der Waals surface area contributed by atoms with Crippen molar-refractivity contribution in [2.45, 2.75) is 20.0 Å². The molecule has 1 aromatic heterocycles. The van der Waals surface area contributed by atoms with Gasteiger partial charge in [0.1, 0.15) is 0 Å².